The van der Waals surface area contributed by atoms with Crippen LogP contribution in [0.15, 0.2) is 206 Å². The number of aromatic nitrogens is 4. The maximum Gasteiger partial charge on any atom is 0.160 e. The van der Waals surface area contributed by atoms with Gasteiger partial charge in [0.05, 0.1) is 33.6 Å². The van der Waals surface area contributed by atoms with Crippen molar-refractivity contribution in [1.29, 1.82) is 0 Å². The molecule has 0 aliphatic heterocycles. The lowest BCUT2D eigenvalue weighted by atomic mass is 9.99. The molecular formula is C53H34N4. The van der Waals surface area contributed by atoms with Gasteiger partial charge in [-0.1, -0.05) is 170 Å². The van der Waals surface area contributed by atoms with E-state index in [2.05, 4.69) is 199 Å². The standard InChI is InChI=1S/C53H34N4/c1-4-14-35(15-5-1)36-24-26-38(27-25-36)47-34-46(37-16-6-2-7-17-37)55-53(56-47)40-30-28-39(29-31-40)51-50-44-22-12-13-23-49(44)57(43-20-8-3-9-21-43)52(50)45-32-41-18-10-11-19-42(41)33-48(45)54-51/h1-34H. The highest BCUT2D eigenvalue weighted by molar-refractivity contribution is 6.23. The Morgan fingerprint density at radius 1 is 0.351 bits per heavy atom. The Morgan fingerprint density at radius 2 is 0.860 bits per heavy atom. The molecule has 0 radical (unpaired) electrons. The summed E-state index contributed by atoms with van der Waals surface area (Å²) in [5, 5.41) is 5.79. The Bertz CT molecular complexity index is 3240. The van der Waals surface area contributed by atoms with E-state index in [-0.39, 0.29) is 0 Å². The van der Waals surface area contributed by atoms with Crippen molar-refractivity contribution in [2.45, 2.75) is 0 Å². The van der Waals surface area contributed by atoms with E-state index in [1.807, 2.05) is 12.1 Å². The summed E-state index contributed by atoms with van der Waals surface area (Å²) < 4.78 is 2.40. The molecule has 0 atom stereocenters. The smallest absolute Gasteiger partial charge is 0.160 e. The molecule has 0 spiro atoms. The zero-order valence-corrected chi connectivity index (χ0v) is 30.9. The number of fused-ring (bicyclic) bond motifs is 6. The Labute approximate surface area is 330 Å². The molecule has 0 amide bonds. The van der Waals surface area contributed by atoms with E-state index in [1.165, 1.54) is 27.3 Å². The topological polar surface area (TPSA) is 43.6 Å². The maximum absolute atomic E-state index is 5.48. The SMILES string of the molecule is c1ccc(-c2ccc(-c3cc(-c4ccccc4)nc(-c4ccc(-c5nc6cc7ccccc7cc6c6c5c5ccccc5n6-c5ccccc5)cc4)n3)cc2)cc1. The first-order valence-electron chi connectivity index (χ1n) is 19.3. The van der Waals surface area contributed by atoms with Gasteiger partial charge in [-0.25, -0.2) is 15.0 Å². The highest BCUT2D eigenvalue weighted by Crippen LogP contribution is 2.42. The van der Waals surface area contributed by atoms with E-state index in [9.17, 15) is 0 Å². The minimum Gasteiger partial charge on any atom is -0.308 e. The van der Waals surface area contributed by atoms with Gasteiger partial charge in [0, 0.05) is 44.1 Å². The summed E-state index contributed by atoms with van der Waals surface area (Å²) in [6.07, 6.45) is 0. The van der Waals surface area contributed by atoms with Crippen LogP contribution < -0.4 is 0 Å². The van der Waals surface area contributed by atoms with Crippen LogP contribution in [-0.4, -0.2) is 19.5 Å². The van der Waals surface area contributed by atoms with Crippen LogP contribution in [0.2, 0.25) is 0 Å². The summed E-state index contributed by atoms with van der Waals surface area (Å²) in [5.41, 5.74) is 13.5. The fourth-order valence-corrected chi connectivity index (χ4v) is 8.20. The third kappa shape index (κ3) is 5.74. The van der Waals surface area contributed by atoms with Crippen LogP contribution in [0.1, 0.15) is 0 Å². The minimum absolute atomic E-state index is 0.675. The van der Waals surface area contributed by atoms with Crippen molar-refractivity contribution in [2.75, 3.05) is 0 Å². The summed E-state index contributed by atoms with van der Waals surface area (Å²) in [6, 6.07) is 72.5. The third-order valence-corrected chi connectivity index (χ3v) is 11.0. The normalized spacial score (nSPS) is 11.5. The fourth-order valence-electron chi connectivity index (χ4n) is 8.20. The molecule has 0 fully saturated rings. The highest BCUT2D eigenvalue weighted by atomic mass is 15.0. The van der Waals surface area contributed by atoms with Crippen LogP contribution in [0.25, 0.3) is 105 Å². The van der Waals surface area contributed by atoms with Crippen molar-refractivity contribution in [3.05, 3.63) is 206 Å². The van der Waals surface area contributed by atoms with Gasteiger partial charge < -0.3 is 4.57 Å². The summed E-state index contributed by atoms with van der Waals surface area (Å²) in [6.45, 7) is 0. The summed E-state index contributed by atoms with van der Waals surface area (Å²) in [4.78, 5) is 15.8. The van der Waals surface area contributed by atoms with Crippen LogP contribution >= 0.6 is 0 Å². The number of benzene rings is 8. The molecule has 11 aromatic rings. The largest absolute Gasteiger partial charge is 0.308 e. The average molecular weight is 727 g/mol. The van der Waals surface area contributed by atoms with Crippen LogP contribution in [0.5, 0.6) is 0 Å². The Kier molecular flexibility index (Phi) is 7.78. The lowest BCUT2D eigenvalue weighted by Gasteiger charge is -2.13. The summed E-state index contributed by atoms with van der Waals surface area (Å²) in [5.74, 6) is 0.675. The molecule has 0 aliphatic rings. The first-order chi connectivity index (χ1) is 28.2. The van der Waals surface area contributed by atoms with E-state index in [4.69, 9.17) is 15.0 Å². The summed E-state index contributed by atoms with van der Waals surface area (Å²) in [7, 11) is 0. The number of hydrogen-bond donors (Lipinski definition) is 0. The molecule has 0 saturated carbocycles. The van der Waals surface area contributed by atoms with Crippen molar-refractivity contribution >= 4 is 43.5 Å². The van der Waals surface area contributed by atoms with Gasteiger partial charge >= 0.3 is 0 Å². The Hall–Kier alpha value is -7.69. The molecule has 0 unspecified atom stereocenters. The lowest BCUT2D eigenvalue weighted by molar-refractivity contribution is 1.18. The third-order valence-electron chi connectivity index (χ3n) is 11.0. The maximum atomic E-state index is 5.48. The Morgan fingerprint density at radius 3 is 1.56 bits per heavy atom. The van der Waals surface area contributed by atoms with Crippen LogP contribution in [0.3, 0.4) is 0 Å². The molecule has 11 rings (SSSR count). The van der Waals surface area contributed by atoms with E-state index < -0.39 is 0 Å². The quantitative estimate of drug-likeness (QED) is 0.160. The van der Waals surface area contributed by atoms with E-state index in [0.29, 0.717) is 5.82 Å². The van der Waals surface area contributed by atoms with Gasteiger partial charge in [-0.15, -0.1) is 0 Å². The minimum atomic E-state index is 0.675. The average Bonchev–Trinajstić information content (AvgIpc) is 3.64. The first-order valence-corrected chi connectivity index (χ1v) is 19.3. The highest BCUT2D eigenvalue weighted by Gasteiger charge is 2.21. The van der Waals surface area contributed by atoms with E-state index in [0.717, 1.165) is 72.3 Å². The van der Waals surface area contributed by atoms with Gasteiger partial charge in [-0.05, 0) is 58.3 Å². The molecule has 4 heteroatoms. The zero-order chi connectivity index (χ0) is 37.7. The van der Waals surface area contributed by atoms with E-state index >= 15 is 0 Å². The van der Waals surface area contributed by atoms with Crippen LogP contribution in [0, 0.1) is 0 Å². The molecule has 266 valence electrons. The van der Waals surface area contributed by atoms with Crippen molar-refractivity contribution < 1.29 is 0 Å². The predicted octanol–water partition coefficient (Wildman–Crippen LogP) is 13.6. The van der Waals surface area contributed by atoms with Gasteiger partial charge in [0.1, 0.15) is 0 Å². The van der Waals surface area contributed by atoms with Gasteiger partial charge in [-0.3, -0.25) is 0 Å². The monoisotopic (exact) mass is 726 g/mol. The molecule has 0 saturated heterocycles. The molecule has 3 aromatic heterocycles. The van der Waals surface area contributed by atoms with E-state index in [1.54, 1.807) is 0 Å². The second-order valence-electron chi connectivity index (χ2n) is 14.4. The van der Waals surface area contributed by atoms with Crippen molar-refractivity contribution in [1.82, 2.24) is 19.5 Å². The number of rotatable bonds is 6. The molecule has 0 aliphatic carbocycles. The molecule has 3 heterocycles. The molecule has 4 nitrogen and oxygen atoms in total. The van der Waals surface area contributed by atoms with Crippen LogP contribution in [-0.2, 0) is 0 Å². The van der Waals surface area contributed by atoms with Gasteiger partial charge in [0.15, 0.2) is 5.82 Å². The van der Waals surface area contributed by atoms with Gasteiger partial charge in [0.2, 0.25) is 0 Å². The van der Waals surface area contributed by atoms with Gasteiger partial charge in [0.25, 0.3) is 0 Å². The van der Waals surface area contributed by atoms with Crippen LogP contribution in [0.4, 0.5) is 0 Å². The van der Waals surface area contributed by atoms with Crippen molar-refractivity contribution in [3.8, 4) is 62.0 Å². The molecule has 8 aromatic carbocycles. The number of para-hydroxylation sites is 2. The second-order valence-corrected chi connectivity index (χ2v) is 14.4. The first kappa shape index (κ1) is 32.7. The molecule has 0 bridgehead atoms. The second kappa shape index (κ2) is 13.6. The van der Waals surface area contributed by atoms with Crippen molar-refractivity contribution in [2.24, 2.45) is 0 Å². The zero-order valence-electron chi connectivity index (χ0n) is 30.9. The van der Waals surface area contributed by atoms with Crippen molar-refractivity contribution in [3.63, 3.8) is 0 Å². The lowest BCUT2D eigenvalue weighted by Crippen LogP contribution is -1.97. The molecule has 0 N–H and O–H groups in total. The number of hydrogen-bond acceptors (Lipinski definition) is 3. The molecule has 57 heavy (non-hydrogen) atoms. The molecular weight excluding hydrogens is 693 g/mol. The van der Waals surface area contributed by atoms with Gasteiger partial charge in [-0.2, -0.15) is 0 Å². The number of nitrogens with zero attached hydrogens (tertiary/aromatic N) is 4. The Balaban J connectivity index is 1.08. The predicted molar refractivity (Wildman–Crippen MR) is 236 cm³/mol. The number of pyridine rings is 1. The fraction of sp³-hybridized carbons (Fsp3) is 0. The summed E-state index contributed by atoms with van der Waals surface area (Å²) >= 11 is 0.